The summed E-state index contributed by atoms with van der Waals surface area (Å²) in [6.45, 7) is 5.31. The van der Waals surface area contributed by atoms with Gasteiger partial charge in [0.2, 0.25) is 0 Å². The number of nitrogens with zero attached hydrogens (tertiary/aromatic N) is 1. The summed E-state index contributed by atoms with van der Waals surface area (Å²) in [5.41, 5.74) is 1.23. The van der Waals surface area contributed by atoms with E-state index in [2.05, 4.69) is 49.7 Å². The highest BCUT2D eigenvalue weighted by molar-refractivity contribution is 9.10. The molecule has 0 saturated heterocycles. The lowest BCUT2D eigenvalue weighted by atomic mass is 10.2. The SMILES string of the molecule is CCCN(CCBr)Cc1cc(Br)ccc1OC. The molecule has 0 bridgehead atoms. The monoisotopic (exact) mass is 363 g/mol. The molecular formula is C13H19Br2NO. The van der Waals surface area contributed by atoms with Gasteiger partial charge in [-0.25, -0.2) is 0 Å². The molecule has 0 radical (unpaired) electrons. The first-order valence-electron chi connectivity index (χ1n) is 5.82. The quantitative estimate of drug-likeness (QED) is 0.676. The summed E-state index contributed by atoms with van der Waals surface area (Å²) in [6.07, 6.45) is 1.17. The molecule has 0 heterocycles. The van der Waals surface area contributed by atoms with Crippen molar-refractivity contribution in [2.24, 2.45) is 0 Å². The van der Waals surface area contributed by atoms with Crippen LogP contribution in [0, 0.1) is 0 Å². The van der Waals surface area contributed by atoms with E-state index in [0.29, 0.717) is 0 Å². The molecule has 96 valence electrons. The maximum absolute atomic E-state index is 5.40. The van der Waals surface area contributed by atoms with Crippen LogP contribution in [0.2, 0.25) is 0 Å². The molecule has 0 atom stereocenters. The van der Waals surface area contributed by atoms with E-state index in [1.165, 1.54) is 12.0 Å². The first kappa shape index (κ1) is 15.0. The zero-order valence-electron chi connectivity index (χ0n) is 10.4. The fourth-order valence-electron chi connectivity index (χ4n) is 1.82. The van der Waals surface area contributed by atoms with Crippen molar-refractivity contribution in [1.82, 2.24) is 4.90 Å². The lowest BCUT2D eigenvalue weighted by Crippen LogP contribution is -2.26. The minimum Gasteiger partial charge on any atom is -0.496 e. The van der Waals surface area contributed by atoms with E-state index in [4.69, 9.17) is 4.74 Å². The van der Waals surface area contributed by atoms with Crippen LogP contribution < -0.4 is 4.74 Å². The van der Waals surface area contributed by atoms with Gasteiger partial charge in [0, 0.05) is 28.5 Å². The second-order valence-electron chi connectivity index (χ2n) is 3.92. The summed E-state index contributed by atoms with van der Waals surface area (Å²) in [5.74, 6) is 0.962. The van der Waals surface area contributed by atoms with Crippen molar-refractivity contribution in [3.63, 3.8) is 0 Å². The number of hydrogen-bond acceptors (Lipinski definition) is 2. The maximum Gasteiger partial charge on any atom is 0.123 e. The Kier molecular flexibility index (Phi) is 7.16. The van der Waals surface area contributed by atoms with Gasteiger partial charge in [0.15, 0.2) is 0 Å². The van der Waals surface area contributed by atoms with Crippen molar-refractivity contribution >= 4 is 31.9 Å². The third-order valence-corrected chi connectivity index (χ3v) is 3.42. The molecule has 17 heavy (non-hydrogen) atoms. The topological polar surface area (TPSA) is 12.5 Å². The van der Waals surface area contributed by atoms with Crippen LogP contribution >= 0.6 is 31.9 Å². The van der Waals surface area contributed by atoms with Gasteiger partial charge in [-0.05, 0) is 31.2 Å². The van der Waals surface area contributed by atoms with E-state index in [0.717, 1.165) is 35.2 Å². The van der Waals surface area contributed by atoms with Gasteiger partial charge in [-0.15, -0.1) is 0 Å². The number of rotatable bonds is 7. The number of halogens is 2. The zero-order valence-corrected chi connectivity index (χ0v) is 13.6. The van der Waals surface area contributed by atoms with Gasteiger partial charge in [0.05, 0.1) is 7.11 Å². The van der Waals surface area contributed by atoms with E-state index in [1.807, 2.05) is 12.1 Å². The summed E-state index contributed by atoms with van der Waals surface area (Å²) in [6, 6.07) is 6.16. The Labute approximate surface area is 121 Å². The molecule has 0 spiro atoms. The van der Waals surface area contributed by atoms with E-state index in [9.17, 15) is 0 Å². The van der Waals surface area contributed by atoms with Crippen LogP contribution in [0.4, 0.5) is 0 Å². The smallest absolute Gasteiger partial charge is 0.123 e. The van der Waals surface area contributed by atoms with Crippen LogP contribution in [0.25, 0.3) is 0 Å². The van der Waals surface area contributed by atoms with Gasteiger partial charge >= 0.3 is 0 Å². The number of alkyl halides is 1. The van der Waals surface area contributed by atoms with Crippen molar-refractivity contribution in [2.45, 2.75) is 19.9 Å². The van der Waals surface area contributed by atoms with Gasteiger partial charge in [0.1, 0.15) is 5.75 Å². The molecule has 2 nitrogen and oxygen atoms in total. The highest BCUT2D eigenvalue weighted by Crippen LogP contribution is 2.24. The van der Waals surface area contributed by atoms with Crippen molar-refractivity contribution in [3.05, 3.63) is 28.2 Å². The van der Waals surface area contributed by atoms with Crippen molar-refractivity contribution in [2.75, 3.05) is 25.5 Å². The van der Waals surface area contributed by atoms with Crippen molar-refractivity contribution in [1.29, 1.82) is 0 Å². The summed E-state index contributed by atoms with van der Waals surface area (Å²) >= 11 is 7.01. The Bertz CT molecular complexity index is 338. The second-order valence-corrected chi connectivity index (χ2v) is 5.63. The Morgan fingerprint density at radius 3 is 2.65 bits per heavy atom. The lowest BCUT2D eigenvalue weighted by molar-refractivity contribution is 0.278. The first-order valence-corrected chi connectivity index (χ1v) is 7.73. The second kappa shape index (κ2) is 8.11. The molecule has 1 aromatic carbocycles. The average molecular weight is 365 g/mol. The molecule has 0 aliphatic carbocycles. The van der Waals surface area contributed by atoms with Gasteiger partial charge in [-0.1, -0.05) is 38.8 Å². The van der Waals surface area contributed by atoms with Crippen LogP contribution in [0.3, 0.4) is 0 Å². The van der Waals surface area contributed by atoms with E-state index >= 15 is 0 Å². The molecule has 0 saturated carbocycles. The molecule has 0 fully saturated rings. The van der Waals surface area contributed by atoms with Crippen LogP contribution in [-0.2, 0) is 6.54 Å². The molecule has 0 aromatic heterocycles. The minimum absolute atomic E-state index is 0.933. The van der Waals surface area contributed by atoms with E-state index in [1.54, 1.807) is 7.11 Å². The fraction of sp³-hybridized carbons (Fsp3) is 0.538. The Hall–Kier alpha value is -0.0600. The largest absolute Gasteiger partial charge is 0.496 e. The third kappa shape index (κ3) is 4.98. The first-order chi connectivity index (χ1) is 8.21. The highest BCUT2D eigenvalue weighted by Gasteiger charge is 2.09. The Morgan fingerprint density at radius 1 is 1.29 bits per heavy atom. The summed E-state index contributed by atoms with van der Waals surface area (Å²) in [4.78, 5) is 2.43. The maximum atomic E-state index is 5.40. The Morgan fingerprint density at radius 2 is 2.06 bits per heavy atom. The molecule has 0 aliphatic rings. The normalized spacial score (nSPS) is 10.9. The number of ether oxygens (including phenoxy) is 1. The molecule has 0 aliphatic heterocycles. The summed E-state index contributed by atoms with van der Waals surface area (Å²) in [5, 5.41) is 1.00. The molecule has 1 aromatic rings. The number of methoxy groups -OCH3 is 1. The minimum atomic E-state index is 0.933. The van der Waals surface area contributed by atoms with Gasteiger partial charge in [-0.3, -0.25) is 4.90 Å². The zero-order chi connectivity index (χ0) is 12.7. The predicted octanol–water partition coefficient (Wildman–Crippen LogP) is 4.06. The van der Waals surface area contributed by atoms with Crippen LogP contribution in [0.5, 0.6) is 5.75 Å². The lowest BCUT2D eigenvalue weighted by Gasteiger charge is -2.22. The van der Waals surface area contributed by atoms with Crippen LogP contribution in [0.1, 0.15) is 18.9 Å². The summed E-state index contributed by atoms with van der Waals surface area (Å²) in [7, 11) is 1.72. The fourth-order valence-corrected chi connectivity index (χ4v) is 2.73. The molecule has 4 heteroatoms. The standard InChI is InChI=1S/C13H19Br2NO/c1-3-7-16(8-6-14)10-11-9-12(15)4-5-13(11)17-2/h4-5,9H,3,6-8,10H2,1-2H3. The average Bonchev–Trinajstić information content (AvgIpc) is 2.30. The van der Waals surface area contributed by atoms with Gasteiger partial charge < -0.3 is 4.74 Å². The summed E-state index contributed by atoms with van der Waals surface area (Å²) < 4.78 is 6.50. The molecular weight excluding hydrogens is 346 g/mol. The third-order valence-electron chi connectivity index (χ3n) is 2.58. The van der Waals surface area contributed by atoms with Crippen LogP contribution in [-0.4, -0.2) is 30.4 Å². The van der Waals surface area contributed by atoms with Gasteiger partial charge in [0.25, 0.3) is 0 Å². The van der Waals surface area contributed by atoms with Crippen molar-refractivity contribution < 1.29 is 4.74 Å². The molecule has 1 rings (SSSR count). The van der Waals surface area contributed by atoms with Gasteiger partial charge in [-0.2, -0.15) is 0 Å². The number of benzene rings is 1. The Balaban J connectivity index is 2.79. The predicted molar refractivity (Wildman–Crippen MR) is 80.1 cm³/mol. The molecule has 0 unspecified atom stereocenters. The van der Waals surface area contributed by atoms with E-state index in [-0.39, 0.29) is 0 Å². The van der Waals surface area contributed by atoms with E-state index < -0.39 is 0 Å². The van der Waals surface area contributed by atoms with Crippen LogP contribution in [0.15, 0.2) is 22.7 Å². The number of hydrogen-bond donors (Lipinski definition) is 0. The molecule has 0 N–H and O–H groups in total. The molecule has 0 amide bonds. The van der Waals surface area contributed by atoms with Crippen molar-refractivity contribution in [3.8, 4) is 5.75 Å². The highest BCUT2D eigenvalue weighted by atomic mass is 79.9.